The average Bonchev–Trinajstić information content (AvgIpc) is 2.96. The third kappa shape index (κ3) is 2.33. The zero-order chi connectivity index (χ0) is 20.2. The van der Waals surface area contributed by atoms with E-state index in [9.17, 15) is 14.4 Å². The lowest BCUT2D eigenvalue weighted by molar-refractivity contribution is -0.164. The summed E-state index contributed by atoms with van der Waals surface area (Å²) in [7, 11) is 1.56. The maximum atomic E-state index is 13.2. The molecule has 1 N–H and O–H groups in total. The normalized spacial score (nSPS) is 33.2. The fraction of sp³-hybridized carbons (Fsp3) is 0.550. The number of nitrogens with zero attached hydrogens (tertiary/aromatic N) is 1. The van der Waals surface area contributed by atoms with E-state index in [4.69, 9.17) is 14.2 Å². The molecule has 150 valence electrons. The summed E-state index contributed by atoms with van der Waals surface area (Å²) in [5.41, 5.74) is -0.608. The minimum absolute atomic E-state index is 0.194. The summed E-state index contributed by atoms with van der Waals surface area (Å²) in [5, 5.41) is 2.72. The average molecular weight is 388 g/mol. The summed E-state index contributed by atoms with van der Waals surface area (Å²) >= 11 is 0. The molecule has 3 heterocycles. The molecule has 8 heteroatoms. The van der Waals surface area contributed by atoms with Crippen molar-refractivity contribution in [2.75, 3.05) is 20.3 Å². The number of esters is 1. The van der Waals surface area contributed by atoms with Crippen LogP contribution in [0, 0.1) is 11.8 Å². The van der Waals surface area contributed by atoms with Crippen LogP contribution in [0.1, 0.15) is 32.4 Å². The molecular weight excluding hydrogens is 364 g/mol. The number of carbonyl (C=O) groups is 3. The highest BCUT2D eigenvalue weighted by atomic mass is 16.5. The Morgan fingerprint density at radius 2 is 2.14 bits per heavy atom. The van der Waals surface area contributed by atoms with Gasteiger partial charge in [-0.15, -0.1) is 0 Å². The molecule has 2 saturated heterocycles. The number of hydrogen-bond donors (Lipinski definition) is 1. The zero-order valence-electron chi connectivity index (χ0n) is 16.4. The van der Waals surface area contributed by atoms with Crippen molar-refractivity contribution in [3.05, 3.63) is 23.8 Å². The number of benzene rings is 1. The molecule has 0 unspecified atom stereocenters. The number of fused-ring (bicyclic) bond motifs is 5. The Bertz CT molecular complexity index is 855. The van der Waals surface area contributed by atoms with Crippen molar-refractivity contribution in [3.63, 3.8) is 0 Å². The fourth-order valence-corrected chi connectivity index (χ4v) is 4.85. The van der Waals surface area contributed by atoms with Crippen molar-refractivity contribution in [2.24, 2.45) is 11.8 Å². The summed E-state index contributed by atoms with van der Waals surface area (Å²) < 4.78 is 16.5. The topological polar surface area (TPSA) is 94.2 Å². The lowest BCUT2D eigenvalue weighted by Gasteiger charge is -2.45. The van der Waals surface area contributed by atoms with E-state index in [1.54, 1.807) is 44.9 Å². The van der Waals surface area contributed by atoms with Crippen molar-refractivity contribution in [3.8, 4) is 11.5 Å². The molecule has 5 atom stereocenters. The molecule has 1 aromatic rings. The largest absolute Gasteiger partial charge is 0.497 e. The van der Waals surface area contributed by atoms with Crippen molar-refractivity contribution in [2.45, 2.75) is 38.4 Å². The van der Waals surface area contributed by atoms with Gasteiger partial charge in [0.2, 0.25) is 11.8 Å². The Kier molecular flexibility index (Phi) is 4.24. The van der Waals surface area contributed by atoms with E-state index >= 15 is 0 Å². The van der Waals surface area contributed by atoms with Crippen LogP contribution in [-0.2, 0) is 19.1 Å². The van der Waals surface area contributed by atoms with Gasteiger partial charge in [0.1, 0.15) is 23.1 Å². The molecule has 1 aromatic carbocycles. The van der Waals surface area contributed by atoms with Crippen molar-refractivity contribution < 1.29 is 28.6 Å². The van der Waals surface area contributed by atoms with Gasteiger partial charge in [0.15, 0.2) is 0 Å². The molecule has 2 amide bonds. The van der Waals surface area contributed by atoms with Crippen LogP contribution in [0.5, 0.6) is 11.5 Å². The van der Waals surface area contributed by atoms with Gasteiger partial charge in [-0.25, -0.2) is 0 Å². The zero-order valence-corrected chi connectivity index (χ0v) is 16.4. The van der Waals surface area contributed by atoms with E-state index in [2.05, 4.69) is 5.32 Å². The highest BCUT2D eigenvalue weighted by Gasteiger charge is 2.68. The molecule has 2 fully saturated rings. The summed E-state index contributed by atoms with van der Waals surface area (Å²) in [6.45, 7) is 5.43. The van der Waals surface area contributed by atoms with Crippen LogP contribution >= 0.6 is 0 Å². The van der Waals surface area contributed by atoms with E-state index in [0.717, 1.165) is 5.56 Å². The number of amides is 2. The highest BCUT2D eigenvalue weighted by Crippen LogP contribution is 2.56. The Morgan fingerprint density at radius 3 is 2.82 bits per heavy atom. The maximum Gasteiger partial charge on any atom is 0.312 e. The van der Waals surface area contributed by atoms with Gasteiger partial charge in [0, 0.05) is 11.5 Å². The number of carbonyl (C=O) groups excluding carboxylic acids is 3. The van der Waals surface area contributed by atoms with Gasteiger partial charge in [-0.05, 0) is 39.0 Å². The molecule has 0 bridgehead atoms. The lowest BCUT2D eigenvalue weighted by atomic mass is 9.77. The molecule has 0 radical (unpaired) electrons. The SMILES string of the molecule is CCOC(=O)[C@H]1[C@H]2COc3ccc(OC)cc3[C@@H]2N2C(=O)[C@H](C)NC(=O)[C@@]12C. The molecule has 3 aliphatic rings. The van der Waals surface area contributed by atoms with E-state index in [0.29, 0.717) is 11.5 Å². The molecule has 0 spiro atoms. The predicted molar refractivity (Wildman–Crippen MR) is 97.7 cm³/mol. The van der Waals surface area contributed by atoms with Gasteiger partial charge in [0.25, 0.3) is 0 Å². The van der Waals surface area contributed by atoms with E-state index in [-0.39, 0.29) is 25.0 Å². The number of methoxy groups -OCH3 is 1. The maximum absolute atomic E-state index is 13.2. The Hall–Kier alpha value is -2.77. The molecule has 8 nitrogen and oxygen atoms in total. The predicted octanol–water partition coefficient (Wildman–Crippen LogP) is 1.04. The van der Waals surface area contributed by atoms with Crippen LogP contribution in [0.2, 0.25) is 0 Å². The minimum Gasteiger partial charge on any atom is -0.497 e. The number of hydrogen-bond acceptors (Lipinski definition) is 6. The Balaban J connectivity index is 1.91. The molecule has 0 saturated carbocycles. The third-order valence-corrected chi connectivity index (χ3v) is 6.14. The van der Waals surface area contributed by atoms with E-state index < -0.39 is 35.4 Å². The lowest BCUT2D eigenvalue weighted by Crippen LogP contribution is -2.69. The first kappa shape index (κ1) is 18.6. The molecule has 0 aliphatic carbocycles. The highest BCUT2D eigenvalue weighted by molar-refractivity contribution is 6.03. The van der Waals surface area contributed by atoms with Crippen LogP contribution < -0.4 is 14.8 Å². The summed E-state index contributed by atoms with van der Waals surface area (Å²) in [6.07, 6.45) is 0. The Labute approximate surface area is 163 Å². The monoisotopic (exact) mass is 388 g/mol. The second-order valence-corrected chi connectivity index (χ2v) is 7.60. The second kappa shape index (κ2) is 6.39. The summed E-state index contributed by atoms with van der Waals surface area (Å²) in [6, 6.07) is 4.24. The Morgan fingerprint density at radius 1 is 1.39 bits per heavy atom. The van der Waals surface area contributed by atoms with E-state index in [1.807, 2.05) is 6.07 Å². The van der Waals surface area contributed by atoms with Gasteiger partial charge >= 0.3 is 5.97 Å². The quantitative estimate of drug-likeness (QED) is 0.778. The first-order chi connectivity index (χ1) is 13.3. The molecular formula is C20H24N2O6. The first-order valence-corrected chi connectivity index (χ1v) is 9.46. The third-order valence-electron chi connectivity index (χ3n) is 6.14. The van der Waals surface area contributed by atoms with Crippen LogP contribution in [0.25, 0.3) is 0 Å². The van der Waals surface area contributed by atoms with Crippen molar-refractivity contribution >= 4 is 17.8 Å². The summed E-state index contributed by atoms with van der Waals surface area (Å²) in [5.74, 6) is -1.05. The second-order valence-electron chi connectivity index (χ2n) is 7.60. The first-order valence-electron chi connectivity index (χ1n) is 9.46. The number of nitrogens with one attached hydrogen (secondary N) is 1. The molecule has 28 heavy (non-hydrogen) atoms. The van der Waals surface area contributed by atoms with Crippen molar-refractivity contribution in [1.82, 2.24) is 10.2 Å². The summed E-state index contributed by atoms with van der Waals surface area (Å²) in [4.78, 5) is 40.7. The number of piperazine rings is 1. The standard InChI is InChI=1S/C20H24N2O6/c1-5-27-18(24)15-13-9-28-14-7-6-11(26-4)8-12(14)16(13)22-17(23)10(2)21-19(25)20(15,22)3/h6-8,10,13,15-16H,5,9H2,1-4H3,(H,21,25)/t10-,13+,15+,16-,20+/m0/s1. The van der Waals surface area contributed by atoms with Crippen LogP contribution in [0.4, 0.5) is 0 Å². The van der Waals surface area contributed by atoms with Gasteiger partial charge in [-0.1, -0.05) is 0 Å². The minimum atomic E-state index is -1.35. The molecule has 0 aromatic heterocycles. The van der Waals surface area contributed by atoms with Gasteiger partial charge < -0.3 is 24.4 Å². The fourth-order valence-electron chi connectivity index (χ4n) is 4.85. The molecule has 3 aliphatic heterocycles. The van der Waals surface area contributed by atoms with Gasteiger partial charge in [-0.2, -0.15) is 0 Å². The van der Waals surface area contributed by atoms with Gasteiger partial charge in [0.05, 0.1) is 32.3 Å². The molecule has 4 rings (SSSR count). The van der Waals surface area contributed by atoms with Crippen LogP contribution in [0.3, 0.4) is 0 Å². The number of rotatable bonds is 3. The van der Waals surface area contributed by atoms with Crippen LogP contribution in [0.15, 0.2) is 18.2 Å². The smallest absolute Gasteiger partial charge is 0.312 e. The van der Waals surface area contributed by atoms with E-state index in [1.165, 1.54) is 0 Å². The number of ether oxygens (including phenoxy) is 3. The van der Waals surface area contributed by atoms with Crippen LogP contribution in [-0.4, -0.2) is 54.6 Å². The van der Waals surface area contributed by atoms with Gasteiger partial charge in [-0.3, -0.25) is 14.4 Å². The van der Waals surface area contributed by atoms with Crippen molar-refractivity contribution in [1.29, 1.82) is 0 Å².